The molecule has 0 heterocycles. The topological polar surface area (TPSA) is 32.5 Å². The highest BCUT2D eigenvalue weighted by Crippen LogP contribution is 2.25. The lowest BCUT2D eigenvalue weighted by atomic mass is 10.0. The molecule has 0 saturated heterocycles. The minimum atomic E-state index is -0.312. The van der Waals surface area contributed by atoms with E-state index in [0.717, 1.165) is 25.2 Å². The smallest absolute Gasteiger partial charge is 0.125 e. The fourth-order valence-corrected chi connectivity index (χ4v) is 2.67. The van der Waals surface area contributed by atoms with Gasteiger partial charge in [-0.25, -0.2) is 4.39 Å². The molecule has 0 fully saturated rings. The maximum absolute atomic E-state index is 13.6. The van der Waals surface area contributed by atoms with Crippen LogP contribution in [0.3, 0.4) is 0 Å². The molecule has 2 N–H and O–H groups in total. The fourth-order valence-electron chi connectivity index (χ4n) is 2.44. The van der Waals surface area contributed by atoms with Gasteiger partial charge in [-0.05, 0) is 43.8 Å². The monoisotopic (exact) mass is 315 g/mol. The van der Waals surface area contributed by atoms with Crippen molar-refractivity contribution in [1.29, 1.82) is 0 Å². The molecular weight excluding hydrogens is 289 g/mol. The number of hydrogen-bond donors (Lipinski definition) is 1. The van der Waals surface area contributed by atoms with Crippen molar-refractivity contribution in [3.05, 3.63) is 34.6 Å². The lowest BCUT2D eigenvalue weighted by Crippen LogP contribution is -2.40. The third kappa shape index (κ3) is 6.30. The summed E-state index contributed by atoms with van der Waals surface area (Å²) in [6, 6.07) is 4.66. The van der Waals surface area contributed by atoms with Gasteiger partial charge in [0.1, 0.15) is 5.82 Å². The summed E-state index contributed by atoms with van der Waals surface area (Å²) >= 11 is 5.98. The van der Waals surface area contributed by atoms with E-state index in [1.807, 2.05) is 20.2 Å². The molecule has 1 aromatic rings. The Bertz CT molecular complexity index is 417. The first-order chi connectivity index (χ1) is 9.83. The van der Waals surface area contributed by atoms with Crippen molar-refractivity contribution < 1.29 is 4.39 Å². The van der Waals surface area contributed by atoms with Gasteiger partial charge in [0.05, 0.1) is 0 Å². The first kappa shape index (κ1) is 18.4. The summed E-state index contributed by atoms with van der Waals surface area (Å²) in [5.41, 5.74) is 6.82. The largest absolute Gasteiger partial charge is 0.329 e. The first-order valence-electron chi connectivity index (χ1n) is 7.38. The number of likely N-dealkylation sites (N-methyl/N-ethyl adjacent to an activating group) is 1. The highest BCUT2D eigenvalue weighted by molar-refractivity contribution is 6.30. The van der Waals surface area contributed by atoms with Crippen molar-refractivity contribution in [3.8, 4) is 0 Å². The van der Waals surface area contributed by atoms with E-state index in [9.17, 15) is 4.39 Å². The number of halogens is 2. The quantitative estimate of drug-likeness (QED) is 0.800. The van der Waals surface area contributed by atoms with Crippen LogP contribution in [0.5, 0.6) is 0 Å². The van der Waals surface area contributed by atoms with E-state index >= 15 is 0 Å². The molecule has 0 aromatic heterocycles. The van der Waals surface area contributed by atoms with Gasteiger partial charge in [0.2, 0.25) is 0 Å². The lowest BCUT2D eigenvalue weighted by Gasteiger charge is -2.33. The van der Waals surface area contributed by atoms with Crippen LogP contribution in [-0.2, 0) is 0 Å². The number of nitrogens with two attached hydrogens (primary N) is 1. The number of benzene rings is 1. The Morgan fingerprint density at radius 2 is 1.86 bits per heavy atom. The molecule has 1 aromatic carbocycles. The molecular formula is C16H27ClFN3. The van der Waals surface area contributed by atoms with Crippen LogP contribution in [0.2, 0.25) is 5.02 Å². The second-order valence-corrected chi connectivity index (χ2v) is 6.58. The predicted octanol–water partition coefficient (Wildman–Crippen LogP) is 3.00. The maximum Gasteiger partial charge on any atom is 0.125 e. The van der Waals surface area contributed by atoms with E-state index in [0.29, 0.717) is 17.5 Å². The second kappa shape index (κ2) is 8.69. The van der Waals surface area contributed by atoms with Crippen molar-refractivity contribution in [2.45, 2.75) is 19.9 Å². The molecule has 1 rings (SSSR count). The van der Waals surface area contributed by atoms with Gasteiger partial charge in [-0.3, -0.25) is 4.90 Å². The van der Waals surface area contributed by atoms with Crippen molar-refractivity contribution in [2.75, 3.05) is 40.3 Å². The van der Waals surface area contributed by atoms with Gasteiger partial charge in [0.15, 0.2) is 0 Å². The van der Waals surface area contributed by atoms with Crippen LogP contribution >= 0.6 is 11.6 Å². The molecule has 21 heavy (non-hydrogen) atoms. The molecule has 0 amide bonds. The van der Waals surface area contributed by atoms with E-state index < -0.39 is 0 Å². The molecule has 0 saturated carbocycles. The molecule has 120 valence electrons. The van der Waals surface area contributed by atoms with E-state index in [1.54, 1.807) is 0 Å². The first-order valence-corrected chi connectivity index (χ1v) is 7.76. The number of nitrogens with zero attached hydrogens (tertiary/aromatic N) is 2. The van der Waals surface area contributed by atoms with E-state index in [2.05, 4.69) is 23.6 Å². The molecule has 0 aliphatic carbocycles. The summed E-state index contributed by atoms with van der Waals surface area (Å²) in [6.45, 7) is 7.54. The Hall–Kier alpha value is -0.680. The highest BCUT2D eigenvalue weighted by atomic mass is 35.5. The van der Waals surface area contributed by atoms with Gasteiger partial charge in [-0.2, -0.15) is 0 Å². The average molecular weight is 316 g/mol. The van der Waals surface area contributed by atoms with Crippen LogP contribution in [-0.4, -0.2) is 50.1 Å². The standard InChI is InChI=1S/C16H27ClFN3/c1-12(2)11-21(6-5-20(3)4)16(10-19)13-7-14(17)9-15(18)8-13/h7-9,12,16H,5-6,10-11,19H2,1-4H3. The minimum absolute atomic E-state index is 0.0134. The molecule has 0 spiro atoms. The van der Waals surface area contributed by atoms with Crippen molar-refractivity contribution in [3.63, 3.8) is 0 Å². The van der Waals surface area contributed by atoms with Crippen molar-refractivity contribution in [1.82, 2.24) is 9.80 Å². The normalized spacial score (nSPS) is 13.4. The average Bonchev–Trinajstić information content (AvgIpc) is 2.34. The predicted molar refractivity (Wildman–Crippen MR) is 88.2 cm³/mol. The number of hydrogen-bond acceptors (Lipinski definition) is 3. The van der Waals surface area contributed by atoms with E-state index in [1.165, 1.54) is 12.1 Å². The Balaban J connectivity index is 2.98. The van der Waals surface area contributed by atoms with Crippen molar-refractivity contribution >= 4 is 11.6 Å². The zero-order valence-electron chi connectivity index (χ0n) is 13.4. The van der Waals surface area contributed by atoms with Gasteiger partial charge in [-0.15, -0.1) is 0 Å². The van der Waals surface area contributed by atoms with Gasteiger partial charge >= 0.3 is 0 Å². The van der Waals surface area contributed by atoms with Crippen LogP contribution in [0.25, 0.3) is 0 Å². The lowest BCUT2D eigenvalue weighted by molar-refractivity contribution is 0.163. The van der Waals surface area contributed by atoms with Gasteiger partial charge < -0.3 is 10.6 Å². The SMILES string of the molecule is CC(C)CN(CCN(C)C)C(CN)c1cc(F)cc(Cl)c1. The Morgan fingerprint density at radius 1 is 1.19 bits per heavy atom. The summed E-state index contributed by atoms with van der Waals surface area (Å²) in [6.07, 6.45) is 0. The third-order valence-corrected chi connectivity index (χ3v) is 3.59. The second-order valence-electron chi connectivity index (χ2n) is 6.15. The van der Waals surface area contributed by atoms with Crippen LogP contribution in [0.4, 0.5) is 4.39 Å². The highest BCUT2D eigenvalue weighted by Gasteiger charge is 2.21. The molecule has 0 radical (unpaired) electrons. The summed E-state index contributed by atoms with van der Waals surface area (Å²) in [5, 5.41) is 0.417. The molecule has 5 heteroatoms. The molecule has 0 bridgehead atoms. The van der Waals surface area contributed by atoms with Gasteiger partial charge in [0, 0.05) is 37.2 Å². The van der Waals surface area contributed by atoms with E-state index in [-0.39, 0.29) is 11.9 Å². The third-order valence-electron chi connectivity index (χ3n) is 3.37. The molecule has 1 atom stereocenters. The van der Waals surface area contributed by atoms with Crippen molar-refractivity contribution in [2.24, 2.45) is 11.7 Å². The molecule has 0 aliphatic heterocycles. The Kier molecular flexibility index (Phi) is 7.60. The summed E-state index contributed by atoms with van der Waals surface area (Å²) < 4.78 is 13.6. The molecule has 0 aliphatic rings. The Labute approximate surface area is 132 Å². The fraction of sp³-hybridized carbons (Fsp3) is 0.625. The molecule has 1 unspecified atom stereocenters. The maximum atomic E-state index is 13.6. The van der Waals surface area contributed by atoms with Crippen LogP contribution in [0.1, 0.15) is 25.5 Å². The minimum Gasteiger partial charge on any atom is -0.329 e. The van der Waals surface area contributed by atoms with Gasteiger partial charge in [-0.1, -0.05) is 25.4 Å². The zero-order chi connectivity index (χ0) is 16.0. The van der Waals surface area contributed by atoms with Gasteiger partial charge in [0.25, 0.3) is 0 Å². The van der Waals surface area contributed by atoms with Crippen LogP contribution in [0, 0.1) is 11.7 Å². The molecule has 3 nitrogen and oxygen atoms in total. The summed E-state index contributed by atoms with van der Waals surface area (Å²) in [7, 11) is 4.09. The van der Waals surface area contributed by atoms with Crippen LogP contribution < -0.4 is 5.73 Å². The number of rotatable bonds is 8. The zero-order valence-corrected chi connectivity index (χ0v) is 14.2. The van der Waals surface area contributed by atoms with E-state index in [4.69, 9.17) is 17.3 Å². The van der Waals surface area contributed by atoms with Crippen LogP contribution in [0.15, 0.2) is 18.2 Å². The summed E-state index contributed by atoms with van der Waals surface area (Å²) in [5.74, 6) is 0.207. The summed E-state index contributed by atoms with van der Waals surface area (Å²) in [4.78, 5) is 4.45. The Morgan fingerprint density at radius 3 is 2.33 bits per heavy atom.